The molecule has 2 aliphatic heterocycles. The van der Waals surface area contributed by atoms with E-state index < -0.39 is 6.16 Å². The Morgan fingerprint density at radius 3 is 1.82 bits per heavy atom. The van der Waals surface area contributed by atoms with Crippen LogP contribution >= 0.6 is 0 Å². The maximum absolute atomic E-state index is 11.6. The Bertz CT molecular complexity index is 1710. The fourth-order valence-corrected chi connectivity index (χ4v) is 8.08. The molecule has 2 aromatic carbocycles. The first kappa shape index (κ1) is 47.0. The Labute approximate surface area is 347 Å². The zero-order valence-corrected chi connectivity index (χ0v) is 36.8. The van der Waals surface area contributed by atoms with Gasteiger partial charge in [-0.15, -0.1) is 0 Å². The summed E-state index contributed by atoms with van der Waals surface area (Å²) >= 11 is 0. The smallest absolute Gasteiger partial charge is 0.503 e. The number of hydrogen-bond acceptors (Lipinski definition) is 6. The first-order chi connectivity index (χ1) is 25.8. The second-order valence-electron chi connectivity index (χ2n) is 19.1. The van der Waals surface area contributed by atoms with Crippen LogP contribution in [-0.2, 0) is 39.4 Å². The number of nitrogens with zero attached hydrogens (tertiary/aromatic N) is 4. The third-order valence-corrected chi connectivity index (χ3v) is 11.4. The molecule has 0 aromatic heterocycles. The molecule has 2 unspecified atom stereocenters. The monoisotopic (exact) mass is 818 g/mol. The Morgan fingerprint density at radius 1 is 0.732 bits per heavy atom. The van der Waals surface area contributed by atoms with E-state index in [2.05, 4.69) is 96.1 Å². The van der Waals surface area contributed by atoms with Gasteiger partial charge in [0.05, 0.1) is 38.3 Å². The average Bonchev–Trinajstić information content (AvgIpc) is 3.35. The molecule has 2 aromatic rings. The minimum Gasteiger partial charge on any atom is -0.507 e. The summed E-state index contributed by atoms with van der Waals surface area (Å²) in [7, 11) is 0. The fraction of sp³-hybridized carbons (Fsp3) is 0.652. The largest absolute Gasteiger partial charge is 0.507 e. The quantitative estimate of drug-likeness (QED) is 0.113. The normalized spacial score (nSPS) is 19.6. The molecule has 9 nitrogen and oxygen atoms in total. The number of aryl methyl sites for hydroxylation is 1. The van der Waals surface area contributed by atoms with Gasteiger partial charge in [-0.2, -0.15) is 0 Å². The van der Waals surface area contributed by atoms with Crippen molar-refractivity contribution in [3.8, 4) is 11.5 Å². The molecule has 2 heterocycles. The van der Waals surface area contributed by atoms with Crippen molar-refractivity contribution in [2.45, 2.75) is 168 Å². The van der Waals surface area contributed by atoms with Gasteiger partial charge in [0.1, 0.15) is 11.5 Å². The SMILES string of the molecule is CC(C)(C)c1cc(C=NC2CCCCC2N=Cc2cc(C(C)(C)C)cc(C(C)(C)C)c2O)c(O)c(CCCCN2CCC[N+]3=C2CCCCC3)c1.O=C(O)O.[Co]. The molecule has 0 amide bonds. The zero-order valence-electron chi connectivity index (χ0n) is 35.8. The van der Waals surface area contributed by atoms with Crippen LogP contribution in [0.25, 0.3) is 0 Å². The number of benzene rings is 2. The van der Waals surface area contributed by atoms with Crippen molar-refractivity contribution in [3.05, 3.63) is 57.6 Å². The average molecular weight is 819 g/mol. The van der Waals surface area contributed by atoms with Gasteiger partial charge in [-0.25, -0.2) is 4.79 Å². The van der Waals surface area contributed by atoms with Gasteiger partial charge in [0.25, 0.3) is 0 Å². The minimum absolute atomic E-state index is 0. The first-order valence-corrected chi connectivity index (χ1v) is 20.8. The van der Waals surface area contributed by atoms with Crippen molar-refractivity contribution >= 4 is 24.4 Å². The van der Waals surface area contributed by atoms with Crippen LogP contribution in [0.1, 0.15) is 166 Å². The molecule has 313 valence electrons. The number of carbonyl (C=O) groups is 1. The first-order valence-electron chi connectivity index (χ1n) is 20.8. The molecule has 1 aliphatic carbocycles. The summed E-state index contributed by atoms with van der Waals surface area (Å²) in [5.41, 5.74) is 5.76. The molecule has 10 heteroatoms. The number of aromatic hydroxyl groups is 2. The summed E-state index contributed by atoms with van der Waals surface area (Å²) in [6, 6.07) is 8.70. The molecule has 5 rings (SSSR count). The number of aliphatic imine (C=N–C) groups is 2. The summed E-state index contributed by atoms with van der Waals surface area (Å²) in [6.45, 7) is 24.6. The van der Waals surface area contributed by atoms with Gasteiger partial charge in [-0.1, -0.05) is 87.3 Å². The van der Waals surface area contributed by atoms with Gasteiger partial charge < -0.3 is 20.4 Å². The number of unbranched alkanes of at least 4 members (excludes halogenated alkanes) is 1. The van der Waals surface area contributed by atoms with Crippen LogP contribution in [0.4, 0.5) is 4.79 Å². The maximum Gasteiger partial charge on any atom is 0.503 e. The molecule has 3 aliphatic rings. The number of phenols is 2. The molecule has 0 saturated heterocycles. The van der Waals surface area contributed by atoms with Crippen molar-refractivity contribution in [1.29, 1.82) is 0 Å². The third kappa shape index (κ3) is 13.4. The van der Waals surface area contributed by atoms with Gasteiger partial charge in [0.2, 0.25) is 5.84 Å². The van der Waals surface area contributed by atoms with E-state index >= 15 is 0 Å². The van der Waals surface area contributed by atoms with E-state index in [4.69, 9.17) is 25.0 Å². The van der Waals surface area contributed by atoms with E-state index in [9.17, 15) is 10.2 Å². The fourth-order valence-electron chi connectivity index (χ4n) is 8.08. The van der Waals surface area contributed by atoms with Gasteiger partial charge in [0, 0.05) is 58.7 Å². The summed E-state index contributed by atoms with van der Waals surface area (Å²) in [4.78, 5) is 21.5. The molecule has 1 fully saturated rings. The van der Waals surface area contributed by atoms with Gasteiger partial charge in [-0.05, 0) is 96.4 Å². The molecular weight excluding hydrogens is 747 g/mol. The summed E-state index contributed by atoms with van der Waals surface area (Å²) in [6.07, 6.45) is 15.7. The summed E-state index contributed by atoms with van der Waals surface area (Å²) in [5, 5.41) is 36.9. The van der Waals surface area contributed by atoms with Crippen LogP contribution in [0.5, 0.6) is 11.5 Å². The van der Waals surface area contributed by atoms with Crippen LogP contribution in [0, 0.1) is 0 Å². The van der Waals surface area contributed by atoms with Crippen LogP contribution in [0.15, 0.2) is 34.3 Å². The Hall–Kier alpha value is -3.37. The van der Waals surface area contributed by atoms with Crippen LogP contribution in [0.2, 0.25) is 0 Å². The molecule has 1 radical (unpaired) electrons. The van der Waals surface area contributed by atoms with Crippen LogP contribution in [0.3, 0.4) is 0 Å². The van der Waals surface area contributed by atoms with Crippen molar-refractivity contribution in [3.63, 3.8) is 0 Å². The van der Waals surface area contributed by atoms with Crippen molar-refractivity contribution in [2.24, 2.45) is 9.98 Å². The standard InChI is InChI=1S/C45H68N4O2.CH2O3.Co/c1-43(2,3)35-26-32(18-14-16-23-49-25-17-24-48-22-15-10-11-21-40(48)49)41(50)33(27-35)30-46-38-19-12-13-20-39(38)47-31-34-28-36(44(4,5)6)29-37(42(34)51)45(7,8)9;2-1(3)4;/h26-31,38-39H,10-25H2,1-9H3,(H-,46,47,50,51);(H2,2,3,4);/p+1. The maximum atomic E-state index is 11.6. The molecule has 0 spiro atoms. The van der Waals surface area contributed by atoms with Gasteiger partial charge >= 0.3 is 6.16 Å². The van der Waals surface area contributed by atoms with Crippen LogP contribution in [-0.4, -0.2) is 92.6 Å². The Kier molecular flexibility index (Phi) is 17.1. The predicted octanol–water partition coefficient (Wildman–Crippen LogP) is 10.1. The van der Waals surface area contributed by atoms with Crippen molar-refractivity contribution < 1.29 is 46.6 Å². The number of hydrogen-bond donors (Lipinski definition) is 4. The van der Waals surface area contributed by atoms with E-state index in [1.165, 1.54) is 62.9 Å². The predicted molar refractivity (Wildman–Crippen MR) is 227 cm³/mol. The molecule has 2 atom stereocenters. The van der Waals surface area contributed by atoms with E-state index in [-0.39, 0.29) is 45.1 Å². The number of phenolic OH excluding ortho intramolecular Hbond substituents is 2. The van der Waals surface area contributed by atoms with E-state index in [0.29, 0.717) is 11.5 Å². The van der Waals surface area contributed by atoms with E-state index in [0.717, 1.165) is 73.7 Å². The molecule has 4 N–H and O–H groups in total. The molecule has 1 saturated carbocycles. The second-order valence-corrected chi connectivity index (χ2v) is 19.1. The Morgan fingerprint density at radius 2 is 1.27 bits per heavy atom. The van der Waals surface area contributed by atoms with Gasteiger partial charge in [0.15, 0.2) is 0 Å². The summed E-state index contributed by atoms with van der Waals surface area (Å²) in [5.74, 6) is 2.29. The molecule has 56 heavy (non-hydrogen) atoms. The Balaban J connectivity index is 0.00000160. The van der Waals surface area contributed by atoms with Crippen LogP contribution < -0.4 is 0 Å². The van der Waals surface area contributed by atoms with E-state index in [1.54, 1.807) is 5.84 Å². The number of carboxylic acid groups (broad SMARTS) is 2. The summed E-state index contributed by atoms with van der Waals surface area (Å²) < 4.78 is 2.65. The third-order valence-electron chi connectivity index (χ3n) is 11.4. The molecule has 0 bridgehead atoms. The van der Waals surface area contributed by atoms with Crippen molar-refractivity contribution in [1.82, 2.24) is 4.90 Å². The van der Waals surface area contributed by atoms with E-state index in [1.807, 2.05) is 12.4 Å². The van der Waals surface area contributed by atoms with Crippen molar-refractivity contribution in [2.75, 3.05) is 26.2 Å². The minimum atomic E-state index is -1.83. The number of rotatable bonds is 9. The van der Waals surface area contributed by atoms with Gasteiger partial charge in [-0.3, -0.25) is 19.5 Å². The number of amidine groups is 1. The zero-order chi connectivity index (χ0) is 40.6. The topological polar surface area (TPSA) is 129 Å². The second kappa shape index (κ2) is 20.4. The molecular formula is C46H71CoN4O5+.